The molecule has 6 heteroatoms. The Morgan fingerprint density at radius 3 is 2.52 bits per heavy atom. The molecule has 2 aromatic rings. The molecule has 0 amide bonds. The summed E-state index contributed by atoms with van der Waals surface area (Å²) in [6.45, 7) is 5.77. The van der Waals surface area contributed by atoms with E-state index in [1.54, 1.807) is 7.11 Å². The van der Waals surface area contributed by atoms with E-state index in [2.05, 4.69) is 58.2 Å². The molecule has 0 unspecified atom stereocenters. The minimum atomic E-state index is 0.625. The van der Waals surface area contributed by atoms with E-state index in [0.29, 0.717) is 13.2 Å². The van der Waals surface area contributed by atoms with Crippen molar-refractivity contribution in [3.63, 3.8) is 0 Å². The smallest absolute Gasteiger partial charge is 0.191 e. The predicted molar refractivity (Wildman–Crippen MR) is 115 cm³/mol. The number of hydrogen-bond acceptors (Lipinski definition) is 3. The van der Waals surface area contributed by atoms with Crippen LogP contribution in [-0.2, 0) is 17.7 Å². The Balaban J connectivity index is 1.84. The SMILES string of the molecule is CCNC(=NCc1ccc(NCCOC)cc1)NCCc1ccccc1Cl. The molecular formula is C21H29ClN4O. The van der Waals surface area contributed by atoms with E-state index >= 15 is 0 Å². The molecule has 0 radical (unpaired) electrons. The van der Waals surface area contributed by atoms with Gasteiger partial charge in [0.05, 0.1) is 13.2 Å². The molecule has 2 aromatic carbocycles. The van der Waals surface area contributed by atoms with Gasteiger partial charge in [-0.05, 0) is 42.7 Å². The Labute approximate surface area is 167 Å². The summed E-state index contributed by atoms with van der Waals surface area (Å²) in [5.74, 6) is 0.812. The second-order valence-corrected chi connectivity index (χ2v) is 6.49. The lowest BCUT2D eigenvalue weighted by Gasteiger charge is -2.12. The molecule has 27 heavy (non-hydrogen) atoms. The Kier molecular flexibility index (Phi) is 9.52. The van der Waals surface area contributed by atoms with Crippen LogP contribution in [0, 0.1) is 0 Å². The highest BCUT2D eigenvalue weighted by Gasteiger charge is 2.01. The van der Waals surface area contributed by atoms with Gasteiger partial charge in [0.1, 0.15) is 0 Å². The molecule has 0 aliphatic carbocycles. The summed E-state index contributed by atoms with van der Waals surface area (Å²) in [7, 11) is 1.70. The first-order valence-electron chi connectivity index (χ1n) is 9.30. The van der Waals surface area contributed by atoms with Crippen LogP contribution in [-0.4, -0.2) is 39.3 Å². The van der Waals surface area contributed by atoms with Crippen LogP contribution < -0.4 is 16.0 Å². The summed E-state index contributed by atoms with van der Waals surface area (Å²) >= 11 is 6.21. The first kappa shape index (κ1) is 21.1. The highest BCUT2D eigenvalue weighted by atomic mass is 35.5. The molecule has 3 N–H and O–H groups in total. The van der Waals surface area contributed by atoms with E-state index in [1.807, 2.05) is 18.2 Å². The van der Waals surface area contributed by atoms with Crippen LogP contribution in [0.5, 0.6) is 0 Å². The summed E-state index contributed by atoms with van der Waals surface area (Å²) in [6, 6.07) is 16.2. The van der Waals surface area contributed by atoms with Crippen molar-refractivity contribution in [2.75, 3.05) is 38.7 Å². The molecule has 0 saturated heterocycles. The minimum Gasteiger partial charge on any atom is -0.383 e. The van der Waals surface area contributed by atoms with Crippen LogP contribution in [0.15, 0.2) is 53.5 Å². The van der Waals surface area contributed by atoms with Gasteiger partial charge in [-0.2, -0.15) is 0 Å². The number of aliphatic imine (C=N–C) groups is 1. The maximum atomic E-state index is 6.21. The predicted octanol–water partition coefficient (Wildman–Crippen LogP) is 3.70. The van der Waals surface area contributed by atoms with Crippen LogP contribution in [0.2, 0.25) is 5.02 Å². The van der Waals surface area contributed by atoms with Gasteiger partial charge < -0.3 is 20.7 Å². The number of hydrogen-bond donors (Lipinski definition) is 3. The van der Waals surface area contributed by atoms with E-state index < -0.39 is 0 Å². The van der Waals surface area contributed by atoms with Crippen molar-refractivity contribution in [3.8, 4) is 0 Å². The molecule has 0 aromatic heterocycles. The second kappa shape index (κ2) is 12.2. The Morgan fingerprint density at radius 2 is 1.81 bits per heavy atom. The van der Waals surface area contributed by atoms with Crippen molar-refractivity contribution >= 4 is 23.2 Å². The van der Waals surface area contributed by atoms with Crippen LogP contribution in [0.1, 0.15) is 18.1 Å². The monoisotopic (exact) mass is 388 g/mol. The van der Waals surface area contributed by atoms with E-state index in [4.69, 9.17) is 16.3 Å². The number of methoxy groups -OCH3 is 1. The van der Waals surface area contributed by atoms with Crippen LogP contribution in [0.3, 0.4) is 0 Å². The van der Waals surface area contributed by atoms with Gasteiger partial charge in [0, 0.05) is 37.5 Å². The third-order valence-electron chi connectivity index (χ3n) is 4.00. The fourth-order valence-electron chi connectivity index (χ4n) is 2.55. The Morgan fingerprint density at radius 1 is 1.04 bits per heavy atom. The van der Waals surface area contributed by atoms with Crippen molar-refractivity contribution in [3.05, 3.63) is 64.7 Å². The molecule has 0 aliphatic heterocycles. The van der Waals surface area contributed by atoms with E-state index in [-0.39, 0.29) is 0 Å². The zero-order chi connectivity index (χ0) is 19.3. The summed E-state index contributed by atoms with van der Waals surface area (Å²) in [5.41, 5.74) is 3.39. The highest BCUT2D eigenvalue weighted by Crippen LogP contribution is 2.14. The molecule has 0 saturated carbocycles. The van der Waals surface area contributed by atoms with Gasteiger partial charge in [-0.3, -0.25) is 0 Å². The van der Waals surface area contributed by atoms with Crippen LogP contribution in [0.25, 0.3) is 0 Å². The molecule has 5 nitrogen and oxygen atoms in total. The van der Waals surface area contributed by atoms with Gasteiger partial charge in [0.25, 0.3) is 0 Å². The molecule has 0 bridgehead atoms. The number of ether oxygens (including phenoxy) is 1. The maximum Gasteiger partial charge on any atom is 0.191 e. The minimum absolute atomic E-state index is 0.625. The van der Waals surface area contributed by atoms with Gasteiger partial charge in [-0.15, -0.1) is 0 Å². The average Bonchev–Trinajstić information content (AvgIpc) is 2.69. The number of benzene rings is 2. The van der Waals surface area contributed by atoms with E-state index in [1.165, 1.54) is 0 Å². The normalized spacial score (nSPS) is 11.3. The molecule has 2 rings (SSSR count). The lowest BCUT2D eigenvalue weighted by molar-refractivity contribution is 0.211. The number of anilines is 1. The lowest BCUT2D eigenvalue weighted by Crippen LogP contribution is -2.38. The molecule has 0 heterocycles. The highest BCUT2D eigenvalue weighted by molar-refractivity contribution is 6.31. The largest absolute Gasteiger partial charge is 0.383 e. The molecule has 146 valence electrons. The van der Waals surface area contributed by atoms with Crippen LogP contribution in [0.4, 0.5) is 5.69 Å². The zero-order valence-corrected chi connectivity index (χ0v) is 16.9. The number of halogens is 1. The number of nitrogens with one attached hydrogen (secondary N) is 3. The number of guanidine groups is 1. The molecule has 0 aliphatic rings. The van der Waals surface area contributed by atoms with Gasteiger partial charge in [-0.1, -0.05) is 41.9 Å². The molecule has 0 spiro atoms. The summed E-state index contributed by atoms with van der Waals surface area (Å²) in [4.78, 5) is 4.66. The van der Waals surface area contributed by atoms with Gasteiger partial charge >= 0.3 is 0 Å². The van der Waals surface area contributed by atoms with E-state index in [0.717, 1.165) is 53.9 Å². The van der Waals surface area contributed by atoms with Crippen molar-refractivity contribution < 1.29 is 4.74 Å². The lowest BCUT2D eigenvalue weighted by atomic mass is 10.1. The third kappa shape index (κ3) is 7.89. The molecule has 0 atom stereocenters. The van der Waals surface area contributed by atoms with Gasteiger partial charge in [0.15, 0.2) is 5.96 Å². The molecular weight excluding hydrogens is 360 g/mol. The van der Waals surface area contributed by atoms with Crippen molar-refractivity contribution in [1.29, 1.82) is 0 Å². The van der Waals surface area contributed by atoms with Gasteiger partial charge in [0.2, 0.25) is 0 Å². The third-order valence-corrected chi connectivity index (χ3v) is 4.37. The van der Waals surface area contributed by atoms with Gasteiger partial charge in [-0.25, -0.2) is 4.99 Å². The number of nitrogens with zero attached hydrogens (tertiary/aromatic N) is 1. The molecule has 0 fully saturated rings. The Bertz CT molecular complexity index is 704. The maximum absolute atomic E-state index is 6.21. The van der Waals surface area contributed by atoms with Crippen molar-refractivity contribution in [1.82, 2.24) is 10.6 Å². The van der Waals surface area contributed by atoms with Crippen LogP contribution >= 0.6 is 11.6 Å². The Hall–Kier alpha value is -2.24. The average molecular weight is 389 g/mol. The standard InChI is InChI=1S/C21H29ClN4O/c1-3-23-21(25-13-12-18-6-4-5-7-20(18)22)26-16-17-8-10-19(11-9-17)24-14-15-27-2/h4-11,24H,3,12-16H2,1-2H3,(H2,23,25,26). The topological polar surface area (TPSA) is 57.7 Å². The second-order valence-electron chi connectivity index (χ2n) is 6.08. The fourth-order valence-corrected chi connectivity index (χ4v) is 2.78. The first-order valence-corrected chi connectivity index (χ1v) is 9.68. The number of rotatable bonds is 10. The van der Waals surface area contributed by atoms with E-state index in [9.17, 15) is 0 Å². The summed E-state index contributed by atoms with van der Waals surface area (Å²) in [6.07, 6.45) is 0.853. The quantitative estimate of drug-likeness (QED) is 0.330. The van der Waals surface area contributed by atoms with Crippen molar-refractivity contribution in [2.45, 2.75) is 19.9 Å². The summed E-state index contributed by atoms with van der Waals surface area (Å²) in [5, 5.41) is 10.8. The fraction of sp³-hybridized carbons (Fsp3) is 0.381. The van der Waals surface area contributed by atoms with Crippen molar-refractivity contribution in [2.24, 2.45) is 4.99 Å². The first-order chi connectivity index (χ1) is 13.2. The zero-order valence-electron chi connectivity index (χ0n) is 16.1. The summed E-state index contributed by atoms with van der Waals surface area (Å²) < 4.78 is 5.04.